The van der Waals surface area contributed by atoms with Gasteiger partial charge in [0.15, 0.2) is 5.11 Å². The second-order valence-electron chi connectivity index (χ2n) is 2.74. The zero-order valence-electron chi connectivity index (χ0n) is 7.36. The molecule has 1 heterocycles. The predicted octanol–water partition coefficient (Wildman–Crippen LogP) is -1.36. The Hall–Kier alpha value is -1.47. The molecule has 14 heavy (non-hydrogen) atoms. The normalized spacial score (nSPS) is 12.1. The van der Waals surface area contributed by atoms with Gasteiger partial charge in [0.05, 0.1) is 12.4 Å². The number of carbonyl (C=O) groups is 1. The van der Waals surface area contributed by atoms with Gasteiger partial charge < -0.3 is 21.8 Å². The van der Waals surface area contributed by atoms with Gasteiger partial charge in [-0.15, -0.1) is 0 Å². The first kappa shape index (κ1) is 10.6. The van der Waals surface area contributed by atoms with E-state index in [2.05, 4.69) is 27.5 Å². The summed E-state index contributed by atoms with van der Waals surface area (Å²) >= 11 is 4.51. The Bertz CT molecular complexity index is 323. The zero-order chi connectivity index (χ0) is 10.6. The van der Waals surface area contributed by atoms with E-state index in [0.717, 1.165) is 5.69 Å². The molecule has 0 aliphatic rings. The summed E-state index contributed by atoms with van der Waals surface area (Å²) in [4.78, 5) is 17.9. The fourth-order valence-electron chi connectivity index (χ4n) is 0.940. The zero-order valence-corrected chi connectivity index (χ0v) is 8.17. The van der Waals surface area contributed by atoms with Crippen molar-refractivity contribution in [2.24, 2.45) is 11.5 Å². The van der Waals surface area contributed by atoms with Crippen molar-refractivity contribution >= 4 is 23.2 Å². The summed E-state index contributed by atoms with van der Waals surface area (Å²) in [6, 6.07) is -0.683. The molecule has 0 spiro atoms. The van der Waals surface area contributed by atoms with Gasteiger partial charge in [0, 0.05) is 18.3 Å². The van der Waals surface area contributed by atoms with Crippen LogP contribution in [0.2, 0.25) is 0 Å². The van der Waals surface area contributed by atoms with Crippen molar-refractivity contribution < 1.29 is 4.79 Å². The highest BCUT2D eigenvalue weighted by Crippen LogP contribution is 1.95. The molecule has 1 rings (SSSR count). The molecule has 0 bridgehead atoms. The number of nitrogens with zero attached hydrogens (tertiary/aromatic N) is 1. The highest BCUT2D eigenvalue weighted by molar-refractivity contribution is 7.80. The quantitative estimate of drug-likeness (QED) is 0.463. The van der Waals surface area contributed by atoms with Crippen LogP contribution in [-0.4, -0.2) is 27.0 Å². The Balaban J connectivity index is 2.46. The maximum absolute atomic E-state index is 11.2. The molecule has 76 valence electrons. The lowest BCUT2D eigenvalue weighted by molar-refractivity contribution is -0.120. The number of thiocarbonyl (C=S) groups is 1. The molecular weight excluding hydrogens is 202 g/mol. The second-order valence-corrected chi connectivity index (χ2v) is 3.18. The van der Waals surface area contributed by atoms with E-state index in [-0.39, 0.29) is 5.11 Å². The van der Waals surface area contributed by atoms with Crippen LogP contribution in [0.25, 0.3) is 0 Å². The number of hydrogen-bond donors (Lipinski definition) is 4. The Morgan fingerprint density at radius 1 is 1.79 bits per heavy atom. The van der Waals surface area contributed by atoms with Crippen LogP contribution in [0.4, 0.5) is 0 Å². The molecule has 0 aliphatic carbocycles. The molecule has 0 fully saturated rings. The molecule has 6 N–H and O–H groups in total. The van der Waals surface area contributed by atoms with Crippen molar-refractivity contribution in [2.75, 3.05) is 0 Å². The van der Waals surface area contributed by atoms with Crippen molar-refractivity contribution in [3.05, 3.63) is 18.2 Å². The topological polar surface area (TPSA) is 110 Å². The van der Waals surface area contributed by atoms with E-state index in [1.165, 1.54) is 6.33 Å². The summed E-state index contributed by atoms with van der Waals surface area (Å²) in [6.45, 7) is 0. The number of nitrogens with two attached hydrogens (primary N) is 2. The van der Waals surface area contributed by atoms with Crippen LogP contribution in [-0.2, 0) is 11.2 Å². The van der Waals surface area contributed by atoms with Gasteiger partial charge >= 0.3 is 0 Å². The van der Waals surface area contributed by atoms with Gasteiger partial charge in [-0.2, -0.15) is 0 Å². The van der Waals surface area contributed by atoms with Gasteiger partial charge in [-0.1, -0.05) is 0 Å². The Kier molecular flexibility index (Phi) is 3.55. The Morgan fingerprint density at radius 2 is 2.50 bits per heavy atom. The molecule has 0 aromatic carbocycles. The summed E-state index contributed by atoms with van der Waals surface area (Å²) < 4.78 is 0. The number of aromatic nitrogens is 2. The van der Waals surface area contributed by atoms with Crippen molar-refractivity contribution in [1.29, 1.82) is 0 Å². The highest BCUT2D eigenvalue weighted by atomic mass is 32.1. The number of hydrogen-bond acceptors (Lipinski definition) is 4. The van der Waals surface area contributed by atoms with Gasteiger partial charge in [0.1, 0.15) is 0 Å². The third-order valence-electron chi connectivity index (χ3n) is 1.58. The molecule has 1 aromatic rings. The number of rotatable bonds is 3. The van der Waals surface area contributed by atoms with Crippen LogP contribution in [0.1, 0.15) is 5.69 Å². The third kappa shape index (κ3) is 3.11. The minimum atomic E-state index is -0.683. The fourth-order valence-corrected chi connectivity index (χ4v) is 1.04. The van der Waals surface area contributed by atoms with Crippen LogP contribution in [0.5, 0.6) is 0 Å². The van der Waals surface area contributed by atoms with Crippen molar-refractivity contribution in [1.82, 2.24) is 15.3 Å². The summed E-state index contributed by atoms with van der Waals surface area (Å²) in [6.07, 6.45) is 3.50. The van der Waals surface area contributed by atoms with Crippen molar-refractivity contribution in [3.8, 4) is 0 Å². The van der Waals surface area contributed by atoms with E-state index in [4.69, 9.17) is 11.5 Å². The fraction of sp³-hybridized carbons (Fsp3) is 0.286. The molecule has 0 saturated heterocycles. The summed E-state index contributed by atoms with van der Waals surface area (Å²) in [5.74, 6) is -0.396. The number of aromatic amines is 1. The second kappa shape index (κ2) is 4.68. The molecular formula is C7H11N5OS. The van der Waals surface area contributed by atoms with Crippen LogP contribution in [0.15, 0.2) is 12.5 Å². The lowest BCUT2D eigenvalue weighted by Gasteiger charge is -2.09. The average Bonchev–Trinajstić information content (AvgIpc) is 2.55. The van der Waals surface area contributed by atoms with E-state index >= 15 is 0 Å². The third-order valence-corrected chi connectivity index (χ3v) is 1.68. The Morgan fingerprint density at radius 3 is 3.00 bits per heavy atom. The summed E-state index contributed by atoms with van der Waals surface area (Å²) in [5, 5.41) is 2.19. The standard InChI is InChI=1S/C7H11N5OS/c8-5(6(13)12-7(9)14)1-4-2-10-3-11-4/h2-3,5H,1,8H2,(H,10,11)(H3,9,12,13,14)/t5-/m0/s1. The first-order valence-electron chi connectivity index (χ1n) is 3.92. The average molecular weight is 213 g/mol. The van der Waals surface area contributed by atoms with Gasteiger partial charge in [0.25, 0.3) is 0 Å². The van der Waals surface area contributed by atoms with E-state index < -0.39 is 11.9 Å². The van der Waals surface area contributed by atoms with Crippen LogP contribution in [0.3, 0.4) is 0 Å². The minimum Gasteiger partial charge on any atom is -0.376 e. The maximum atomic E-state index is 11.2. The van der Waals surface area contributed by atoms with Crippen LogP contribution >= 0.6 is 12.2 Å². The number of imidazole rings is 1. The van der Waals surface area contributed by atoms with Gasteiger partial charge in [-0.05, 0) is 12.2 Å². The molecule has 1 amide bonds. The van der Waals surface area contributed by atoms with E-state index in [0.29, 0.717) is 6.42 Å². The van der Waals surface area contributed by atoms with Gasteiger partial charge in [0.2, 0.25) is 5.91 Å². The number of amides is 1. The lowest BCUT2D eigenvalue weighted by atomic mass is 10.2. The molecule has 0 unspecified atom stereocenters. The number of nitrogens with one attached hydrogen (secondary N) is 2. The molecule has 0 radical (unpaired) electrons. The summed E-state index contributed by atoms with van der Waals surface area (Å²) in [5.41, 5.74) is 11.5. The molecule has 1 atom stereocenters. The van der Waals surface area contributed by atoms with E-state index in [1.54, 1.807) is 6.20 Å². The minimum absolute atomic E-state index is 0.0740. The van der Waals surface area contributed by atoms with E-state index in [9.17, 15) is 4.79 Å². The summed E-state index contributed by atoms with van der Waals surface area (Å²) in [7, 11) is 0. The van der Waals surface area contributed by atoms with Crippen molar-refractivity contribution in [3.63, 3.8) is 0 Å². The highest BCUT2D eigenvalue weighted by Gasteiger charge is 2.14. The first-order chi connectivity index (χ1) is 6.59. The molecule has 0 aliphatic heterocycles. The smallest absolute Gasteiger partial charge is 0.243 e. The molecule has 1 aromatic heterocycles. The van der Waals surface area contributed by atoms with Crippen LogP contribution < -0.4 is 16.8 Å². The van der Waals surface area contributed by atoms with Gasteiger partial charge in [-0.3, -0.25) is 4.79 Å². The molecule has 7 heteroatoms. The SMILES string of the molecule is NC(=S)NC(=O)[C@@H](N)Cc1cnc[nH]1. The maximum Gasteiger partial charge on any atom is 0.243 e. The monoisotopic (exact) mass is 213 g/mol. The first-order valence-corrected chi connectivity index (χ1v) is 4.33. The Labute approximate surface area is 86.1 Å². The molecule has 6 nitrogen and oxygen atoms in total. The largest absolute Gasteiger partial charge is 0.376 e. The predicted molar refractivity (Wildman–Crippen MR) is 55.2 cm³/mol. The van der Waals surface area contributed by atoms with Crippen LogP contribution in [0, 0.1) is 0 Å². The number of carbonyl (C=O) groups excluding carboxylic acids is 1. The van der Waals surface area contributed by atoms with Crippen molar-refractivity contribution in [2.45, 2.75) is 12.5 Å². The number of H-pyrrole nitrogens is 1. The van der Waals surface area contributed by atoms with Gasteiger partial charge in [-0.25, -0.2) is 4.98 Å². The molecule has 0 saturated carbocycles. The lowest BCUT2D eigenvalue weighted by Crippen LogP contribution is -2.46. The van der Waals surface area contributed by atoms with E-state index in [1.807, 2.05) is 0 Å².